The molecule has 1 aliphatic rings. The third-order valence-corrected chi connectivity index (χ3v) is 5.87. The fraction of sp³-hybridized carbons (Fsp3) is 0. The topological polar surface area (TPSA) is 35.0 Å². The highest BCUT2D eigenvalue weighted by Gasteiger charge is 2.34. The maximum atomic E-state index is 8.00. The second-order valence-electron chi connectivity index (χ2n) is 7.79. The number of nitrogens with zero attached hydrogens (tertiary/aromatic N) is 2. The number of aromatic nitrogens is 2. The van der Waals surface area contributed by atoms with Gasteiger partial charge >= 0.3 is 0 Å². The van der Waals surface area contributed by atoms with Gasteiger partial charge in [-0.1, -0.05) is 77.7 Å². The Kier molecular flexibility index (Phi) is 4.28. The van der Waals surface area contributed by atoms with Gasteiger partial charge in [0.15, 0.2) is 0 Å². The van der Waals surface area contributed by atoms with E-state index < -0.39 is 0 Å². The van der Waals surface area contributed by atoms with Gasteiger partial charge in [-0.25, -0.2) is 4.98 Å². The smallest absolute Gasteiger partial charge is 0.266 e. The minimum atomic E-state index is 0.108. The first kappa shape index (κ1) is 17.5. The lowest BCUT2D eigenvalue weighted by Gasteiger charge is -2.12. The summed E-state index contributed by atoms with van der Waals surface area (Å²) in [5, 5.41) is 0. The van der Waals surface area contributed by atoms with Gasteiger partial charge in [0, 0.05) is 24.0 Å². The van der Waals surface area contributed by atoms with Crippen LogP contribution in [0.15, 0.2) is 115 Å². The molecule has 2 aromatic heterocycles. The van der Waals surface area contributed by atoms with Crippen LogP contribution >= 0.6 is 0 Å². The molecule has 150 valence electrons. The van der Waals surface area contributed by atoms with Crippen molar-refractivity contribution < 1.29 is 6.11 Å². The summed E-state index contributed by atoms with van der Waals surface area (Å²) in [4.78, 5) is 8.86. The normalized spacial score (nSPS) is 12.1. The van der Waals surface area contributed by atoms with Crippen molar-refractivity contribution in [2.45, 2.75) is 0 Å². The van der Waals surface area contributed by atoms with Crippen LogP contribution in [0.4, 0.5) is 0 Å². The van der Waals surface area contributed by atoms with Gasteiger partial charge in [-0.3, -0.25) is 4.98 Å². The summed E-state index contributed by atoms with van der Waals surface area (Å²) in [5.74, 6) is 0.957. The number of hydrogen-bond donors (Lipinski definition) is 0. The Bertz CT molecular complexity index is 1470. The SMILES string of the molecule is [2H]c1cccnc1Oc1cccc(-c2ccc3c(c2)B(c2ccccn2)c2ccccc2-3)c1. The average molecular weight is 411 g/mol. The van der Waals surface area contributed by atoms with Gasteiger partial charge in [-0.15, -0.1) is 0 Å². The Balaban J connectivity index is 1.42. The fourth-order valence-electron chi connectivity index (χ4n) is 4.47. The summed E-state index contributed by atoms with van der Waals surface area (Å²) in [6, 6.07) is 32.9. The van der Waals surface area contributed by atoms with Gasteiger partial charge in [0.1, 0.15) is 5.75 Å². The van der Waals surface area contributed by atoms with E-state index in [0.717, 1.165) is 16.7 Å². The third-order valence-electron chi connectivity index (χ3n) is 5.87. The Morgan fingerprint density at radius 3 is 2.38 bits per heavy atom. The van der Waals surface area contributed by atoms with Crippen LogP contribution in [0, 0.1) is 0 Å². The first-order valence-electron chi connectivity index (χ1n) is 11.1. The predicted octanol–water partition coefficient (Wildman–Crippen LogP) is 4.43. The second-order valence-corrected chi connectivity index (χ2v) is 7.79. The van der Waals surface area contributed by atoms with E-state index in [1.165, 1.54) is 22.1 Å². The first-order chi connectivity index (χ1) is 16.3. The largest absolute Gasteiger partial charge is 0.439 e. The summed E-state index contributed by atoms with van der Waals surface area (Å²) in [6.45, 7) is 0.108. The average Bonchev–Trinajstić information content (AvgIpc) is 3.20. The van der Waals surface area contributed by atoms with E-state index in [1.54, 1.807) is 18.3 Å². The Labute approximate surface area is 188 Å². The van der Waals surface area contributed by atoms with Crippen LogP contribution in [0.1, 0.15) is 1.37 Å². The second kappa shape index (κ2) is 7.82. The summed E-state index contributed by atoms with van der Waals surface area (Å²) < 4.78 is 13.9. The molecule has 3 heterocycles. The Hall–Kier alpha value is -4.18. The van der Waals surface area contributed by atoms with Gasteiger partial charge < -0.3 is 4.74 Å². The molecule has 1 aliphatic heterocycles. The molecule has 0 bridgehead atoms. The molecule has 3 aromatic carbocycles. The first-order valence-corrected chi connectivity index (χ1v) is 10.6. The fourth-order valence-corrected chi connectivity index (χ4v) is 4.47. The minimum Gasteiger partial charge on any atom is -0.439 e. The molecule has 0 radical (unpaired) electrons. The van der Waals surface area contributed by atoms with Crippen molar-refractivity contribution in [3.05, 3.63) is 115 Å². The van der Waals surface area contributed by atoms with Crippen LogP contribution in [-0.4, -0.2) is 16.7 Å². The van der Waals surface area contributed by atoms with Crippen LogP contribution < -0.4 is 21.3 Å². The van der Waals surface area contributed by atoms with Crippen LogP contribution in [-0.2, 0) is 0 Å². The molecule has 0 fully saturated rings. The maximum absolute atomic E-state index is 8.00. The zero-order valence-corrected chi connectivity index (χ0v) is 17.3. The van der Waals surface area contributed by atoms with Crippen molar-refractivity contribution in [1.29, 1.82) is 0 Å². The van der Waals surface area contributed by atoms with E-state index in [4.69, 9.17) is 6.11 Å². The van der Waals surface area contributed by atoms with Gasteiger partial charge in [-0.2, -0.15) is 0 Å². The summed E-state index contributed by atoms with van der Waals surface area (Å²) in [7, 11) is 0. The van der Waals surface area contributed by atoms with Gasteiger partial charge in [0.05, 0.1) is 1.37 Å². The highest BCUT2D eigenvalue weighted by Crippen LogP contribution is 2.30. The maximum Gasteiger partial charge on any atom is 0.266 e. The van der Waals surface area contributed by atoms with E-state index in [2.05, 4.69) is 64.6 Å². The van der Waals surface area contributed by atoms with Crippen LogP contribution in [0.2, 0.25) is 0 Å². The number of pyridine rings is 2. The van der Waals surface area contributed by atoms with Crippen molar-refractivity contribution in [2.24, 2.45) is 0 Å². The highest BCUT2D eigenvalue weighted by atomic mass is 16.5. The number of fused-ring (bicyclic) bond motifs is 3. The van der Waals surface area contributed by atoms with E-state index >= 15 is 0 Å². The summed E-state index contributed by atoms with van der Waals surface area (Å²) in [6.07, 6.45) is 3.49. The van der Waals surface area contributed by atoms with Crippen molar-refractivity contribution >= 4 is 23.2 Å². The molecule has 0 saturated heterocycles. The molecule has 4 heteroatoms. The number of benzene rings is 3. The molecule has 0 saturated carbocycles. The van der Waals surface area contributed by atoms with Crippen molar-refractivity contribution in [3.63, 3.8) is 0 Å². The minimum absolute atomic E-state index is 0.108. The Morgan fingerprint density at radius 1 is 0.656 bits per heavy atom. The lowest BCUT2D eigenvalue weighted by molar-refractivity contribution is 0.463. The summed E-state index contributed by atoms with van der Waals surface area (Å²) >= 11 is 0. The molecule has 6 rings (SSSR count). The lowest BCUT2D eigenvalue weighted by Crippen LogP contribution is -2.50. The monoisotopic (exact) mass is 411 g/mol. The molecule has 0 atom stereocenters. The molecule has 32 heavy (non-hydrogen) atoms. The van der Waals surface area contributed by atoms with Gasteiger partial charge in [0.2, 0.25) is 5.88 Å². The predicted molar refractivity (Wildman–Crippen MR) is 131 cm³/mol. The molecular weight excluding hydrogens is 391 g/mol. The molecular formula is C28H19BN2O. The number of hydrogen-bond acceptors (Lipinski definition) is 3. The van der Waals surface area contributed by atoms with E-state index in [0.29, 0.717) is 11.6 Å². The zero-order valence-electron chi connectivity index (χ0n) is 18.3. The lowest BCUT2D eigenvalue weighted by atomic mass is 9.40. The highest BCUT2D eigenvalue weighted by molar-refractivity contribution is 6.98. The van der Waals surface area contributed by atoms with Crippen molar-refractivity contribution in [1.82, 2.24) is 9.97 Å². The van der Waals surface area contributed by atoms with E-state index in [1.807, 2.05) is 36.5 Å². The number of ether oxygens (including phenoxy) is 1. The molecule has 0 N–H and O–H groups in total. The van der Waals surface area contributed by atoms with Crippen molar-refractivity contribution in [3.8, 4) is 33.9 Å². The molecule has 0 unspecified atom stereocenters. The van der Waals surface area contributed by atoms with Gasteiger partial charge in [-0.05, 0) is 52.6 Å². The van der Waals surface area contributed by atoms with Crippen LogP contribution in [0.3, 0.4) is 0 Å². The van der Waals surface area contributed by atoms with E-state index in [-0.39, 0.29) is 12.8 Å². The van der Waals surface area contributed by atoms with E-state index in [9.17, 15) is 0 Å². The van der Waals surface area contributed by atoms with Crippen LogP contribution in [0.5, 0.6) is 11.6 Å². The molecule has 0 amide bonds. The quantitative estimate of drug-likeness (QED) is 0.403. The third kappa shape index (κ3) is 3.26. The molecule has 0 aliphatic carbocycles. The molecule has 5 aromatic rings. The zero-order chi connectivity index (χ0) is 22.2. The molecule has 0 spiro atoms. The van der Waals surface area contributed by atoms with Crippen molar-refractivity contribution in [2.75, 3.05) is 0 Å². The number of rotatable bonds is 4. The van der Waals surface area contributed by atoms with Gasteiger partial charge in [0.25, 0.3) is 6.71 Å². The Morgan fingerprint density at radius 2 is 1.47 bits per heavy atom. The summed E-state index contributed by atoms with van der Waals surface area (Å²) in [5.41, 5.74) is 8.29. The molecule has 3 nitrogen and oxygen atoms in total. The standard InChI is InChI=1S/C28H19BN2O/c1-2-11-25-23(10-1)24-15-14-21(19-26(24)29(25)27-12-3-5-16-30-27)20-8-7-9-22(18-20)32-28-13-4-6-17-31-28/h1-19H/i13D. The van der Waals surface area contributed by atoms with Crippen LogP contribution in [0.25, 0.3) is 22.3 Å².